The molecule has 0 radical (unpaired) electrons. The number of aromatic nitrogens is 2. The van der Waals surface area contributed by atoms with Gasteiger partial charge in [0.1, 0.15) is 12.4 Å². The molecule has 1 aromatic carbocycles. The molecule has 1 aromatic heterocycles. The maximum atomic E-state index is 13.0. The molecule has 8 nitrogen and oxygen atoms in total. The lowest BCUT2D eigenvalue weighted by Crippen LogP contribution is -2.41. The Bertz CT molecular complexity index is 813. The number of morpholine rings is 1. The third-order valence-corrected chi connectivity index (χ3v) is 5.54. The quantitative estimate of drug-likeness (QED) is 0.747. The van der Waals surface area contributed by atoms with E-state index in [-0.39, 0.29) is 11.8 Å². The predicted molar refractivity (Wildman–Crippen MR) is 115 cm³/mol. The van der Waals surface area contributed by atoms with Crippen LogP contribution in [0.15, 0.2) is 42.7 Å². The number of benzene rings is 1. The number of ether oxygens (including phenoxy) is 2. The van der Waals surface area contributed by atoms with Gasteiger partial charge in [-0.25, -0.2) is 9.97 Å². The molecule has 0 aliphatic carbocycles. The third-order valence-electron chi connectivity index (χ3n) is 5.54. The van der Waals surface area contributed by atoms with E-state index in [1.54, 1.807) is 18.5 Å². The van der Waals surface area contributed by atoms with Crippen LogP contribution >= 0.6 is 0 Å². The molecule has 2 saturated heterocycles. The van der Waals surface area contributed by atoms with Crippen molar-refractivity contribution in [2.45, 2.75) is 12.8 Å². The second-order valence-electron chi connectivity index (χ2n) is 7.62. The van der Waals surface area contributed by atoms with Gasteiger partial charge in [-0.1, -0.05) is 12.1 Å². The summed E-state index contributed by atoms with van der Waals surface area (Å²) in [6, 6.07) is 9.43. The number of piperidine rings is 1. The van der Waals surface area contributed by atoms with Gasteiger partial charge in [-0.15, -0.1) is 0 Å². The SMILES string of the molecule is O=C(Nc1ccccc1OCCN1CCOCC1)[C@@H]1CCCN(c2ncccn2)C1. The molecule has 1 atom stereocenters. The van der Waals surface area contributed by atoms with E-state index in [1.165, 1.54) is 0 Å². The number of amides is 1. The highest BCUT2D eigenvalue weighted by atomic mass is 16.5. The molecule has 2 aliphatic rings. The third kappa shape index (κ3) is 5.46. The zero-order chi connectivity index (χ0) is 20.6. The molecule has 4 rings (SSSR count). The van der Waals surface area contributed by atoms with Crippen LogP contribution in [-0.2, 0) is 9.53 Å². The van der Waals surface area contributed by atoms with E-state index in [9.17, 15) is 4.79 Å². The number of anilines is 2. The summed E-state index contributed by atoms with van der Waals surface area (Å²) in [5.74, 6) is 1.30. The van der Waals surface area contributed by atoms with Crippen LogP contribution < -0.4 is 15.0 Å². The number of carbonyl (C=O) groups is 1. The molecule has 0 spiro atoms. The van der Waals surface area contributed by atoms with Gasteiger partial charge in [-0.3, -0.25) is 9.69 Å². The Kier molecular flexibility index (Phi) is 7.10. The lowest BCUT2D eigenvalue weighted by atomic mass is 9.97. The summed E-state index contributed by atoms with van der Waals surface area (Å²) >= 11 is 0. The fourth-order valence-corrected chi connectivity index (χ4v) is 3.87. The molecule has 0 unspecified atom stereocenters. The second kappa shape index (κ2) is 10.4. The predicted octanol–water partition coefficient (Wildman–Crippen LogP) is 2.04. The van der Waals surface area contributed by atoms with Gasteiger partial charge in [0.2, 0.25) is 11.9 Å². The van der Waals surface area contributed by atoms with Crippen molar-refractivity contribution >= 4 is 17.5 Å². The van der Waals surface area contributed by atoms with Crippen molar-refractivity contribution in [2.75, 3.05) is 62.8 Å². The zero-order valence-corrected chi connectivity index (χ0v) is 17.2. The Morgan fingerprint density at radius 2 is 1.93 bits per heavy atom. The number of nitrogens with one attached hydrogen (secondary N) is 1. The second-order valence-corrected chi connectivity index (χ2v) is 7.62. The van der Waals surface area contributed by atoms with Crippen LogP contribution in [0.2, 0.25) is 0 Å². The number of hydrogen-bond donors (Lipinski definition) is 1. The highest BCUT2D eigenvalue weighted by Gasteiger charge is 2.27. The first-order valence-electron chi connectivity index (χ1n) is 10.6. The summed E-state index contributed by atoms with van der Waals surface area (Å²) < 4.78 is 11.4. The molecule has 0 bridgehead atoms. The van der Waals surface area contributed by atoms with E-state index < -0.39 is 0 Å². The van der Waals surface area contributed by atoms with Crippen molar-refractivity contribution < 1.29 is 14.3 Å². The maximum absolute atomic E-state index is 13.0. The van der Waals surface area contributed by atoms with Gasteiger partial charge < -0.3 is 19.7 Å². The van der Waals surface area contributed by atoms with Crippen LogP contribution in [0.25, 0.3) is 0 Å². The lowest BCUT2D eigenvalue weighted by molar-refractivity contribution is -0.120. The highest BCUT2D eigenvalue weighted by Crippen LogP contribution is 2.26. The summed E-state index contributed by atoms with van der Waals surface area (Å²) in [4.78, 5) is 26.0. The van der Waals surface area contributed by atoms with Gasteiger partial charge in [0.15, 0.2) is 0 Å². The smallest absolute Gasteiger partial charge is 0.229 e. The number of hydrogen-bond acceptors (Lipinski definition) is 7. The minimum absolute atomic E-state index is 0.0138. The van der Waals surface area contributed by atoms with Crippen LogP contribution in [0.4, 0.5) is 11.6 Å². The van der Waals surface area contributed by atoms with Crippen LogP contribution in [0.3, 0.4) is 0 Å². The largest absolute Gasteiger partial charge is 0.490 e. The molecular weight excluding hydrogens is 382 g/mol. The fraction of sp³-hybridized carbons (Fsp3) is 0.500. The van der Waals surface area contributed by atoms with E-state index in [4.69, 9.17) is 9.47 Å². The van der Waals surface area contributed by atoms with E-state index in [0.29, 0.717) is 24.8 Å². The van der Waals surface area contributed by atoms with Gasteiger partial charge in [0.05, 0.1) is 24.8 Å². The number of nitrogens with zero attached hydrogens (tertiary/aromatic N) is 4. The van der Waals surface area contributed by atoms with Crippen molar-refractivity contribution in [2.24, 2.45) is 5.92 Å². The molecule has 1 N–H and O–H groups in total. The summed E-state index contributed by atoms with van der Waals surface area (Å²) in [6.45, 7) is 6.34. The average Bonchev–Trinajstić information content (AvgIpc) is 2.81. The lowest BCUT2D eigenvalue weighted by Gasteiger charge is -2.32. The first kappa shape index (κ1) is 20.6. The molecule has 160 valence electrons. The van der Waals surface area contributed by atoms with Crippen LogP contribution in [0.5, 0.6) is 5.75 Å². The van der Waals surface area contributed by atoms with Gasteiger partial charge in [-0.2, -0.15) is 0 Å². The minimum Gasteiger partial charge on any atom is -0.490 e. The van der Waals surface area contributed by atoms with Gasteiger partial charge in [-0.05, 0) is 31.0 Å². The zero-order valence-electron chi connectivity index (χ0n) is 17.2. The Hall–Kier alpha value is -2.71. The number of rotatable bonds is 7. The van der Waals surface area contributed by atoms with E-state index in [1.807, 2.05) is 24.3 Å². The topological polar surface area (TPSA) is 79.8 Å². The molecule has 1 amide bonds. The Labute approximate surface area is 177 Å². The highest BCUT2D eigenvalue weighted by molar-refractivity contribution is 5.94. The van der Waals surface area contributed by atoms with Crippen LogP contribution in [0, 0.1) is 5.92 Å². The van der Waals surface area contributed by atoms with Gasteiger partial charge in [0, 0.05) is 45.1 Å². The average molecular weight is 412 g/mol. The molecule has 3 heterocycles. The monoisotopic (exact) mass is 411 g/mol. The van der Waals surface area contributed by atoms with E-state index in [0.717, 1.165) is 57.9 Å². The molecule has 2 aromatic rings. The van der Waals surface area contributed by atoms with E-state index >= 15 is 0 Å². The van der Waals surface area contributed by atoms with Crippen molar-refractivity contribution in [1.29, 1.82) is 0 Å². The van der Waals surface area contributed by atoms with E-state index in [2.05, 4.69) is 25.1 Å². The Morgan fingerprint density at radius 3 is 2.77 bits per heavy atom. The summed E-state index contributed by atoms with van der Waals surface area (Å²) in [5, 5.41) is 3.08. The maximum Gasteiger partial charge on any atom is 0.229 e. The first-order chi connectivity index (χ1) is 14.8. The van der Waals surface area contributed by atoms with Crippen LogP contribution in [0.1, 0.15) is 12.8 Å². The van der Waals surface area contributed by atoms with Crippen molar-refractivity contribution in [3.05, 3.63) is 42.7 Å². The first-order valence-corrected chi connectivity index (χ1v) is 10.6. The summed E-state index contributed by atoms with van der Waals surface area (Å²) in [7, 11) is 0. The fourth-order valence-electron chi connectivity index (χ4n) is 3.87. The Morgan fingerprint density at radius 1 is 1.13 bits per heavy atom. The van der Waals surface area contributed by atoms with Crippen molar-refractivity contribution in [3.63, 3.8) is 0 Å². The van der Waals surface area contributed by atoms with Gasteiger partial charge in [0.25, 0.3) is 0 Å². The normalized spacial score (nSPS) is 20.0. The Balaban J connectivity index is 1.32. The van der Waals surface area contributed by atoms with Gasteiger partial charge >= 0.3 is 0 Å². The molecule has 2 aliphatic heterocycles. The molecule has 8 heteroatoms. The molecular formula is C22H29N5O3. The number of para-hydroxylation sites is 2. The van der Waals surface area contributed by atoms with Crippen molar-refractivity contribution in [3.8, 4) is 5.75 Å². The minimum atomic E-state index is -0.107. The molecule has 30 heavy (non-hydrogen) atoms. The summed E-state index contributed by atoms with van der Waals surface area (Å²) in [6.07, 6.45) is 5.26. The molecule has 0 saturated carbocycles. The van der Waals surface area contributed by atoms with Crippen LogP contribution in [-0.4, -0.2) is 73.3 Å². The van der Waals surface area contributed by atoms with Crippen molar-refractivity contribution in [1.82, 2.24) is 14.9 Å². The standard InChI is InChI=1S/C22H29N5O3/c28-21(18-5-3-10-27(17-18)22-23-8-4-9-24-22)25-19-6-1-2-7-20(19)30-16-13-26-11-14-29-15-12-26/h1-2,4,6-9,18H,3,5,10-17H2,(H,25,28)/t18-/m1/s1. The molecule has 2 fully saturated rings. The summed E-state index contributed by atoms with van der Waals surface area (Å²) in [5.41, 5.74) is 0.720. The number of carbonyl (C=O) groups excluding carboxylic acids is 1.